The van der Waals surface area contributed by atoms with Gasteiger partial charge in [-0.05, 0) is 105 Å². The molecule has 0 bridgehead atoms. The lowest BCUT2D eigenvalue weighted by Crippen LogP contribution is -1.93. The van der Waals surface area contributed by atoms with Gasteiger partial charge in [-0.25, -0.2) is 4.98 Å². The Bertz CT molecular complexity index is 5790. The Balaban J connectivity index is 0.930. The van der Waals surface area contributed by atoms with Crippen LogP contribution in [0.2, 0.25) is 0 Å². The van der Waals surface area contributed by atoms with E-state index in [0.717, 1.165) is 22.5 Å². The Morgan fingerprint density at radius 1 is 0.269 bits per heavy atom. The molecule has 19 aromatic rings. The fourth-order valence-electron chi connectivity index (χ4n) is 14.5. The third-order valence-corrected chi connectivity index (χ3v) is 17.6. The minimum absolute atomic E-state index is 0.978. The van der Waals surface area contributed by atoms with Crippen molar-refractivity contribution in [1.29, 1.82) is 0 Å². The Kier molecular flexibility index (Phi) is 7.68. The van der Waals surface area contributed by atoms with Gasteiger partial charge in [0.2, 0.25) is 0 Å². The van der Waals surface area contributed by atoms with Crippen LogP contribution in [0.25, 0.3) is 175 Å². The zero-order valence-electron chi connectivity index (χ0n) is 41.9. The molecule has 0 amide bonds. The largest absolute Gasteiger partial charge is 0.309 e. The van der Waals surface area contributed by atoms with E-state index < -0.39 is 0 Å². The van der Waals surface area contributed by atoms with Crippen LogP contribution in [0.15, 0.2) is 249 Å². The van der Waals surface area contributed by atoms with Gasteiger partial charge in [-0.15, -0.1) is 0 Å². The molecule has 0 unspecified atom stereocenters. The quantitative estimate of drug-likeness (QED) is 0.173. The van der Waals surface area contributed by atoms with Crippen molar-refractivity contribution in [1.82, 2.24) is 22.9 Å². The average Bonchev–Trinajstić information content (AvgIpc) is 3.64. The molecule has 0 fully saturated rings. The zero-order valence-corrected chi connectivity index (χ0v) is 41.9. The lowest BCUT2D eigenvalue weighted by Gasteiger charge is -2.13. The molecule has 0 radical (unpaired) electrons. The highest BCUT2D eigenvalue weighted by molar-refractivity contribution is 6.39. The van der Waals surface area contributed by atoms with Crippen LogP contribution in [0.5, 0.6) is 0 Å². The van der Waals surface area contributed by atoms with Crippen LogP contribution in [0, 0.1) is 0 Å². The fraction of sp³-hybridized carbons (Fsp3) is 0. The van der Waals surface area contributed by atoms with Gasteiger partial charge < -0.3 is 13.5 Å². The fourth-order valence-corrected chi connectivity index (χ4v) is 14.5. The molecule has 0 spiro atoms. The molecule has 0 saturated heterocycles. The van der Waals surface area contributed by atoms with Crippen LogP contribution in [0.3, 0.4) is 0 Å². The molecule has 0 aliphatic rings. The lowest BCUT2D eigenvalue weighted by atomic mass is 9.93. The molecule has 5 heteroatoms. The van der Waals surface area contributed by atoms with Crippen LogP contribution in [0.1, 0.15) is 0 Å². The summed E-state index contributed by atoms with van der Waals surface area (Å²) in [6.07, 6.45) is 2.18. The number of pyridine rings is 1. The second kappa shape index (κ2) is 14.7. The van der Waals surface area contributed by atoms with Crippen molar-refractivity contribution in [2.45, 2.75) is 0 Å². The monoisotopic (exact) mass is 987 g/mol. The first-order chi connectivity index (χ1) is 38.7. The van der Waals surface area contributed by atoms with E-state index in [0.29, 0.717) is 0 Å². The second-order valence-electron chi connectivity index (χ2n) is 21.4. The first kappa shape index (κ1) is 40.8. The predicted octanol–water partition coefficient (Wildman–Crippen LogP) is 19.2. The van der Waals surface area contributed by atoms with Crippen molar-refractivity contribution < 1.29 is 0 Å². The van der Waals surface area contributed by atoms with Crippen LogP contribution >= 0.6 is 0 Å². The number of rotatable bonds is 4. The van der Waals surface area contributed by atoms with Gasteiger partial charge in [0.1, 0.15) is 5.65 Å². The Hall–Kier alpha value is -10.5. The minimum Gasteiger partial charge on any atom is -0.309 e. The van der Waals surface area contributed by atoms with Crippen molar-refractivity contribution in [3.63, 3.8) is 0 Å². The van der Waals surface area contributed by atoms with Gasteiger partial charge >= 0.3 is 0 Å². The molecular formula is C73H41N5. The van der Waals surface area contributed by atoms with E-state index in [4.69, 9.17) is 4.98 Å². The van der Waals surface area contributed by atoms with E-state index in [9.17, 15) is 0 Å². The van der Waals surface area contributed by atoms with Gasteiger partial charge in [-0.1, -0.05) is 170 Å². The molecule has 0 saturated carbocycles. The number of nitrogens with zero attached hydrogens (tertiary/aromatic N) is 5. The van der Waals surface area contributed by atoms with Crippen molar-refractivity contribution in [2.24, 2.45) is 0 Å². The zero-order chi connectivity index (χ0) is 50.5. The third kappa shape index (κ3) is 5.04. The molecule has 0 atom stereocenters. The summed E-state index contributed by atoms with van der Waals surface area (Å²) in [6, 6.07) is 89.9. The molecule has 0 N–H and O–H groups in total. The molecule has 19 rings (SSSR count). The smallest absolute Gasteiger partial charge is 0.146 e. The Morgan fingerprint density at radius 3 is 1.50 bits per heavy atom. The van der Waals surface area contributed by atoms with E-state index in [1.165, 1.54) is 153 Å². The first-order valence-corrected chi connectivity index (χ1v) is 27.0. The van der Waals surface area contributed by atoms with Crippen molar-refractivity contribution in [2.75, 3.05) is 0 Å². The molecule has 7 aromatic heterocycles. The average molecular weight is 988 g/mol. The van der Waals surface area contributed by atoms with Gasteiger partial charge in [-0.3, -0.25) is 4.40 Å². The molecular weight excluding hydrogens is 947 g/mol. The summed E-state index contributed by atoms with van der Waals surface area (Å²) >= 11 is 0. The molecule has 358 valence electrons. The normalized spacial score (nSPS) is 12.6. The summed E-state index contributed by atoms with van der Waals surface area (Å²) < 4.78 is 9.89. The van der Waals surface area contributed by atoms with Crippen LogP contribution in [0.4, 0.5) is 0 Å². The first-order valence-electron chi connectivity index (χ1n) is 27.0. The second-order valence-corrected chi connectivity index (χ2v) is 21.4. The summed E-state index contributed by atoms with van der Waals surface area (Å²) in [5, 5.41) is 19.8. The van der Waals surface area contributed by atoms with E-state index >= 15 is 0 Å². The van der Waals surface area contributed by atoms with Crippen LogP contribution < -0.4 is 0 Å². The topological polar surface area (TPSA) is 31.6 Å². The Morgan fingerprint density at radius 2 is 0.795 bits per heavy atom. The van der Waals surface area contributed by atoms with E-state index in [-0.39, 0.29) is 0 Å². The molecule has 5 nitrogen and oxygen atoms in total. The van der Waals surface area contributed by atoms with Crippen molar-refractivity contribution in [3.05, 3.63) is 249 Å². The maximum Gasteiger partial charge on any atom is 0.146 e. The lowest BCUT2D eigenvalue weighted by molar-refractivity contribution is 1.18. The highest BCUT2D eigenvalue weighted by Gasteiger charge is 2.29. The van der Waals surface area contributed by atoms with E-state index in [1.807, 2.05) is 0 Å². The summed E-state index contributed by atoms with van der Waals surface area (Å²) in [7, 11) is 0. The molecule has 0 aliphatic heterocycles. The van der Waals surface area contributed by atoms with Crippen LogP contribution in [-0.2, 0) is 0 Å². The summed E-state index contributed by atoms with van der Waals surface area (Å²) in [6.45, 7) is 0. The number of hydrogen-bond donors (Lipinski definition) is 0. The van der Waals surface area contributed by atoms with Gasteiger partial charge in [0.15, 0.2) is 0 Å². The van der Waals surface area contributed by atoms with Gasteiger partial charge in [0, 0.05) is 87.1 Å². The predicted molar refractivity (Wildman–Crippen MR) is 328 cm³/mol. The number of para-hydroxylation sites is 6. The Labute approximate surface area is 444 Å². The van der Waals surface area contributed by atoms with Gasteiger partial charge in [0.05, 0.1) is 55.8 Å². The van der Waals surface area contributed by atoms with Crippen molar-refractivity contribution >= 4 is 141 Å². The number of aromatic nitrogens is 5. The highest BCUT2D eigenvalue weighted by Crippen LogP contribution is 2.52. The summed E-state index contributed by atoms with van der Waals surface area (Å²) in [4.78, 5) is 5.71. The number of fused-ring (bicyclic) bond motifs is 22. The molecule has 7 heterocycles. The summed E-state index contributed by atoms with van der Waals surface area (Å²) in [5.41, 5.74) is 18.8. The molecule has 0 aliphatic carbocycles. The number of benzene rings is 12. The van der Waals surface area contributed by atoms with Gasteiger partial charge in [0.25, 0.3) is 0 Å². The highest BCUT2D eigenvalue weighted by atomic mass is 15.0. The summed E-state index contributed by atoms with van der Waals surface area (Å²) in [5.74, 6) is 0. The van der Waals surface area contributed by atoms with Gasteiger partial charge in [-0.2, -0.15) is 0 Å². The number of hydrogen-bond acceptors (Lipinski definition) is 1. The molecule has 78 heavy (non-hydrogen) atoms. The van der Waals surface area contributed by atoms with Crippen molar-refractivity contribution in [3.8, 4) is 33.6 Å². The maximum absolute atomic E-state index is 5.71. The van der Waals surface area contributed by atoms with Crippen LogP contribution in [-0.4, -0.2) is 22.9 Å². The standard InChI is InChI=1S/C73H41N5/c1-3-19-46(20-4-1)75-60-31-13-11-25-51(60)56-37-44(33-35-62(56)75)50-27-15-29-54-66-49-24-10-8-18-43(49)39-59-68-67-55-30-16-28-53-58-38-42-17-7-9-23-48(42)65(71(58)77(70(53)55)64(67)41-74-73(68)78(69(50)54)72(59)66)45-34-36-63-57(40-45)52-26-12-14-32-61(52)76(63)47-21-5-2-6-22-47/h1-41H. The third-order valence-electron chi connectivity index (χ3n) is 17.6. The maximum atomic E-state index is 5.71. The van der Waals surface area contributed by atoms with E-state index in [1.54, 1.807) is 0 Å². The van der Waals surface area contributed by atoms with E-state index in [2.05, 4.69) is 267 Å². The molecule has 12 aromatic carbocycles. The SMILES string of the molecule is c1ccc(-n2c3ccccc3c3cc(-c4c5ccccc5cc5c6cccc7c8c9c%10cc%11ccccc%11c%11c%12cccc(-c%13ccc%14c(c%13)c%13ccccc%13n%14-c%13ccccc%13)c%12n(c9ncc8n(c45)c67)c%10%11)ccc32)cc1. The minimum atomic E-state index is 0.978.